The van der Waals surface area contributed by atoms with Gasteiger partial charge >= 0.3 is 0 Å². The van der Waals surface area contributed by atoms with Crippen LogP contribution in [-0.4, -0.2) is 20.9 Å². The molecule has 2 aromatic heterocycles. The lowest BCUT2D eigenvalue weighted by molar-refractivity contribution is 0.102. The van der Waals surface area contributed by atoms with Gasteiger partial charge in [-0.1, -0.05) is 6.92 Å². The molecule has 2 heterocycles. The second kappa shape index (κ2) is 5.87. The summed E-state index contributed by atoms with van der Waals surface area (Å²) in [4.78, 5) is 24.1. The molecular weight excluding hydrogens is 244 g/mol. The molecule has 98 valence electrons. The molecule has 7 nitrogen and oxygen atoms in total. The Labute approximate surface area is 110 Å². The fraction of sp³-hybridized carbons (Fsp3) is 0.167. The Morgan fingerprint density at radius 1 is 1.32 bits per heavy atom. The van der Waals surface area contributed by atoms with Crippen molar-refractivity contribution in [2.75, 3.05) is 10.7 Å². The summed E-state index contributed by atoms with van der Waals surface area (Å²) in [7, 11) is 0. The van der Waals surface area contributed by atoms with E-state index < -0.39 is 0 Å². The minimum absolute atomic E-state index is 0.283. The molecule has 0 spiro atoms. The third-order valence-corrected chi connectivity index (χ3v) is 2.46. The number of carbonyl (C=O) groups is 1. The molecule has 0 atom stereocenters. The van der Waals surface area contributed by atoms with E-state index in [0.29, 0.717) is 23.6 Å². The van der Waals surface area contributed by atoms with Gasteiger partial charge in [0.25, 0.3) is 5.91 Å². The summed E-state index contributed by atoms with van der Waals surface area (Å²) in [5, 5.41) is 2.65. The van der Waals surface area contributed by atoms with Crippen molar-refractivity contribution < 1.29 is 4.79 Å². The molecule has 2 rings (SSSR count). The molecule has 1 amide bonds. The van der Waals surface area contributed by atoms with Crippen LogP contribution in [0.15, 0.2) is 30.7 Å². The summed E-state index contributed by atoms with van der Waals surface area (Å²) in [6.07, 6.45) is 5.23. The Hall–Kier alpha value is -2.54. The van der Waals surface area contributed by atoms with E-state index in [4.69, 9.17) is 5.84 Å². The van der Waals surface area contributed by atoms with Gasteiger partial charge in [0.2, 0.25) is 0 Å². The fourth-order valence-corrected chi connectivity index (χ4v) is 1.53. The fourth-order valence-electron chi connectivity index (χ4n) is 1.53. The van der Waals surface area contributed by atoms with Gasteiger partial charge in [-0.3, -0.25) is 9.78 Å². The molecule has 0 aromatic carbocycles. The molecule has 0 radical (unpaired) electrons. The number of amides is 1. The molecule has 0 bridgehead atoms. The second-order valence-corrected chi connectivity index (χ2v) is 3.78. The minimum Gasteiger partial charge on any atom is -0.308 e. The van der Waals surface area contributed by atoms with Crippen LogP contribution in [0.5, 0.6) is 0 Å². The first-order valence-corrected chi connectivity index (χ1v) is 5.78. The zero-order valence-corrected chi connectivity index (χ0v) is 10.4. The van der Waals surface area contributed by atoms with Crippen molar-refractivity contribution in [3.05, 3.63) is 42.0 Å². The largest absolute Gasteiger partial charge is 0.308 e. The number of nitrogens with two attached hydrogens (primary N) is 1. The minimum atomic E-state index is -0.283. The first-order valence-electron chi connectivity index (χ1n) is 5.78. The molecule has 7 heteroatoms. The highest BCUT2D eigenvalue weighted by molar-refractivity contribution is 6.04. The molecule has 2 aromatic rings. The van der Waals surface area contributed by atoms with Crippen LogP contribution in [0.2, 0.25) is 0 Å². The third-order valence-electron chi connectivity index (χ3n) is 2.46. The standard InChI is InChI=1S/C12H14N6O/c1-2-9-5-8(6-10(16-9)18-13)12(19)17-11-7-14-3-4-15-11/h3-7H,2,13H2,1H3,(H,16,18)(H,15,17,19). The first kappa shape index (κ1) is 12.9. The summed E-state index contributed by atoms with van der Waals surface area (Å²) in [5.74, 6) is 5.89. The molecule has 0 unspecified atom stereocenters. The number of nitrogen functional groups attached to an aromatic ring is 1. The first-order chi connectivity index (χ1) is 9.22. The van der Waals surface area contributed by atoms with Gasteiger partial charge in [0.1, 0.15) is 5.82 Å². The van der Waals surface area contributed by atoms with Crippen molar-refractivity contribution in [3.8, 4) is 0 Å². The monoisotopic (exact) mass is 258 g/mol. The maximum atomic E-state index is 12.1. The van der Waals surface area contributed by atoms with E-state index in [1.807, 2.05) is 6.92 Å². The Bertz CT molecular complexity index is 549. The quantitative estimate of drug-likeness (QED) is 0.557. The van der Waals surface area contributed by atoms with Crippen LogP contribution in [0.4, 0.5) is 11.6 Å². The lowest BCUT2D eigenvalue weighted by Gasteiger charge is -2.07. The topological polar surface area (TPSA) is 106 Å². The smallest absolute Gasteiger partial charge is 0.257 e. The SMILES string of the molecule is CCc1cc(C(=O)Nc2cnccn2)cc(NN)n1. The molecule has 0 aliphatic heterocycles. The number of nitrogens with zero attached hydrogens (tertiary/aromatic N) is 3. The second-order valence-electron chi connectivity index (χ2n) is 3.78. The van der Waals surface area contributed by atoms with Gasteiger partial charge in [-0.15, -0.1) is 0 Å². The number of pyridine rings is 1. The number of anilines is 2. The molecule has 4 N–H and O–H groups in total. The summed E-state index contributed by atoms with van der Waals surface area (Å²) < 4.78 is 0. The Morgan fingerprint density at radius 2 is 2.16 bits per heavy atom. The number of aromatic nitrogens is 3. The van der Waals surface area contributed by atoms with E-state index in [1.54, 1.807) is 12.1 Å². The number of nitrogens with one attached hydrogen (secondary N) is 2. The van der Waals surface area contributed by atoms with Crippen molar-refractivity contribution in [2.45, 2.75) is 13.3 Å². The van der Waals surface area contributed by atoms with Crippen LogP contribution < -0.4 is 16.6 Å². The predicted molar refractivity (Wildman–Crippen MR) is 71.4 cm³/mol. The van der Waals surface area contributed by atoms with Gasteiger partial charge in [0.05, 0.1) is 6.20 Å². The number of hydrogen-bond donors (Lipinski definition) is 3. The van der Waals surface area contributed by atoms with Crippen molar-refractivity contribution in [2.24, 2.45) is 5.84 Å². The highest BCUT2D eigenvalue weighted by atomic mass is 16.1. The summed E-state index contributed by atoms with van der Waals surface area (Å²) in [6, 6.07) is 3.29. The maximum Gasteiger partial charge on any atom is 0.257 e. The Morgan fingerprint density at radius 3 is 2.79 bits per heavy atom. The van der Waals surface area contributed by atoms with E-state index in [9.17, 15) is 4.79 Å². The summed E-state index contributed by atoms with van der Waals surface area (Å²) in [5.41, 5.74) is 3.68. The van der Waals surface area contributed by atoms with E-state index >= 15 is 0 Å². The number of aryl methyl sites for hydroxylation is 1. The van der Waals surface area contributed by atoms with Crippen LogP contribution in [-0.2, 0) is 6.42 Å². The van der Waals surface area contributed by atoms with Crippen molar-refractivity contribution in [3.63, 3.8) is 0 Å². The Balaban J connectivity index is 2.23. The van der Waals surface area contributed by atoms with Crippen molar-refractivity contribution in [1.29, 1.82) is 0 Å². The van der Waals surface area contributed by atoms with Crippen LogP contribution in [0, 0.1) is 0 Å². The zero-order valence-electron chi connectivity index (χ0n) is 10.4. The maximum absolute atomic E-state index is 12.1. The van der Waals surface area contributed by atoms with Crippen molar-refractivity contribution in [1.82, 2.24) is 15.0 Å². The molecular formula is C12H14N6O. The van der Waals surface area contributed by atoms with E-state index in [0.717, 1.165) is 5.69 Å². The lowest BCUT2D eigenvalue weighted by atomic mass is 10.2. The van der Waals surface area contributed by atoms with E-state index in [-0.39, 0.29) is 5.91 Å². The highest BCUT2D eigenvalue weighted by Gasteiger charge is 2.10. The number of hydrogen-bond acceptors (Lipinski definition) is 6. The van der Waals surface area contributed by atoms with E-state index in [2.05, 4.69) is 25.7 Å². The molecule has 0 fully saturated rings. The van der Waals surface area contributed by atoms with Gasteiger partial charge in [0.15, 0.2) is 5.82 Å². The van der Waals surface area contributed by atoms with Crippen LogP contribution in [0.1, 0.15) is 23.0 Å². The zero-order chi connectivity index (χ0) is 13.7. The molecule has 0 aliphatic carbocycles. The van der Waals surface area contributed by atoms with Gasteiger partial charge in [-0.2, -0.15) is 0 Å². The van der Waals surface area contributed by atoms with Gasteiger partial charge < -0.3 is 10.7 Å². The van der Waals surface area contributed by atoms with Gasteiger partial charge in [0, 0.05) is 23.7 Å². The molecule has 19 heavy (non-hydrogen) atoms. The highest BCUT2D eigenvalue weighted by Crippen LogP contribution is 2.12. The van der Waals surface area contributed by atoms with Gasteiger partial charge in [-0.05, 0) is 18.6 Å². The van der Waals surface area contributed by atoms with Gasteiger partial charge in [-0.25, -0.2) is 15.8 Å². The number of carbonyl (C=O) groups excluding carboxylic acids is 1. The Kier molecular flexibility index (Phi) is 3.99. The average Bonchev–Trinajstić information content (AvgIpc) is 2.47. The molecule has 0 saturated carbocycles. The van der Waals surface area contributed by atoms with Crippen LogP contribution in [0.25, 0.3) is 0 Å². The van der Waals surface area contributed by atoms with Crippen molar-refractivity contribution >= 4 is 17.5 Å². The van der Waals surface area contributed by atoms with Crippen LogP contribution >= 0.6 is 0 Å². The summed E-state index contributed by atoms with van der Waals surface area (Å²) in [6.45, 7) is 1.95. The third kappa shape index (κ3) is 3.23. The average molecular weight is 258 g/mol. The lowest BCUT2D eigenvalue weighted by Crippen LogP contribution is -2.16. The predicted octanol–water partition coefficient (Wildman–Crippen LogP) is 0.972. The van der Waals surface area contributed by atoms with E-state index in [1.165, 1.54) is 18.6 Å². The summed E-state index contributed by atoms with van der Waals surface area (Å²) >= 11 is 0. The number of hydrazine groups is 1. The number of rotatable bonds is 4. The molecule has 0 aliphatic rings. The molecule has 0 saturated heterocycles. The van der Waals surface area contributed by atoms with Crippen LogP contribution in [0.3, 0.4) is 0 Å². The normalized spacial score (nSPS) is 10.0.